The fourth-order valence-electron chi connectivity index (χ4n) is 4.00. The molecule has 1 aliphatic heterocycles. The number of carbonyl (C=O) groups is 1. The van der Waals surface area contributed by atoms with E-state index in [-0.39, 0.29) is 16.3 Å². The molecule has 2 heterocycles. The second-order valence-corrected chi connectivity index (χ2v) is 10.3. The molecule has 1 aliphatic rings. The van der Waals surface area contributed by atoms with E-state index in [2.05, 4.69) is 15.8 Å². The van der Waals surface area contributed by atoms with Gasteiger partial charge in [0.2, 0.25) is 0 Å². The number of aromatic nitrogens is 1. The van der Waals surface area contributed by atoms with E-state index < -0.39 is 10.0 Å². The number of nitrogens with two attached hydrogens (primary N) is 1. The number of nitrogens with zero attached hydrogens (tertiary/aromatic N) is 2. The van der Waals surface area contributed by atoms with Crippen molar-refractivity contribution in [3.05, 3.63) is 59.3 Å². The molecule has 0 bridgehead atoms. The van der Waals surface area contributed by atoms with Crippen LogP contribution in [0.1, 0.15) is 41.3 Å². The Morgan fingerprint density at radius 2 is 1.97 bits per heavy atom. The number of hydrogen-bond acceptors (Lipinski definition) is 5. The van der Waals surface area contributed by atoms with Gasteiger partial charge in [0.15, 0.2) is 0 Å². The van der Waals surface area contributed by atoms with Crippen LogP contribution < -0.4 is 10.5 Å². The Balaban J connectivity index is 1.61. The smallest absolute Gasteiger partial charge is 0.261 e. The minimum absolute atomic E-state index is 0.00943. The zero-order valence-corrected chi connectivity index (χ0v) is 18.8. The molecule has 9 heteroatoms. The van der Waals surface area contributed by atoms with Crippen molar-refractivity contribution in [2.45, 2.75) is 37.1 Å². The average Bonchev–Trinajstić information content (AvgIpc) is 3.21. The molecule has 0 saturated carbocycles. The highest BCUT2D eigenvalue weighted by Crippen LogP contribution is 2.30. The molecule has 0 aliphatic carbocycles. The van der Waals surface area contributed by atoms with E-state index in [4.69, 9.17) is 5.73 Å². The van der Waals surface area contributed by atoms with Gasteiger partial charge in [0.25, 0.3) is 15.9 Å². The number of sulfonamides is 1. The summed E-state index contributed by atoms with van der Waals surface area (Å²) < 4.78 is 28.8. The van der Waals surface area contributed by atoms with Crippen molar-refractivity contribution < 1.29 is 13.2 Å². The Kier molecular flexibility index (Phi) is 5.44. The number of aromatic amines is 1. The van der Waals surface area contributed by atoms with E-state index >= 15 is 0 Å². The topological polar surface area (TPSA) is 132 Å². The van der Waals surface area contributed by atoms with Gasteiger partial charge < -0.3 is 15.6 Å². The van der Waals surface area contributed by atoms with E-state index in [1.807, 2.05) is 13.8 Å². The molecule has 0 radical (unpaired) electrons. The molecule has 4 rings (SSSR count). The van der Waals surface area contributed by atoms with E-state index in [1.54, 1.807) is 35.4 Å². The highest BCUT2D eigenvalue weighted by Gasteiger charge is 2.29. The van der Waals surface area contributed by atoms with Crippen molar-refractivity contribution in [2.75, 3.05) is 17.8 Å². The van der Waals surface area contributed by atoms with Crippen molar-refractivity contribution in [3.63, 3.8) is 0 Å². The van der Waals surface area contributed by atoms with E-state index in [0.29, 0.717) is 53.6 Å². The van der Waals surface area contributed by atoms with Crippen molar-refractivity contribution in [1.29, 1.82) is 5.26 Å². The lowest BCUT2D eigenvalue weighted by Gasteiger charge is -2.36. The first-order valence-corrected chi connectivity index (χ1v) is 11.8. The van der Waals surface area contributed by atoms with Crippen LogP contribution in [0, 0.1) is 18.3 Å². The first-order chi connectivity index (χ1) is 15.1. The normalized spacial score (nSPS) is 16.0. The lowest BCUT2D eigenvalue weighted by atomic mass is 9.91. The number of piperidine rings is 1. The number of H-pyrrole nitrogens is 1. The molecule has 0 spiro atoms. The van der Waals surface area contributed by atoms with Crippen LogP contribution in [0.25, 0.3) is 10.9 Å². The molecular formula is C23H25N5O3S. The zero-order valence-electron chi connectivity index (χ0n) is 18.0. The van der Waals surface area contributed by atoms with Crippen LogP contribution in [-0.4, -0.2) is 42.8 Å². The maximum atomic E-state index is 13.1. The molecule has 32 heavy (non-hydrogen) atoms. The van der Waals surface area contributed by atoms with Gasteiger partial charge in [-0.2, -0.15) is 5.26 Å². The number of likely N-dealkylation sites (tertiary alicyclic amines) is 1. The summed E-state index contributed by atoms with van der Waals surface area (Å²) in [6.45, 7) is 4.91. The predicted molar refractivity (Wildman–Crippen MR) is 123 cm³/mol. The molecule has 4 N–H and O–H groups in total. The van der Waals surface area contributed by atoms with Crippen LogP contribution in [-0.2, 0) is 10.0 Å². The van der Waals surface area contributed by atoms with Gasteiger partial charge in [0.05, 0.1) is 21.7 Å². The predicted octanol–water partition coefficient (Wildman–Crippen LogP) is 3.10. The average molecular weight is 452 g/mol. The van der Waals surface area contributed by atoms with Crippen LogP contribution >= 0.6 is 0 Å². The highest BCUT2D eigenvalue weighted by atomic mass is 32.2. The lowest BCUT2D eigenvalue weighted by molar-refractivity contribution is 0.0681. The second-order valence-electron chi connectivity index (χ2n) is 8.57. The van der Waals surface area contributed by atoms with Crippen molar-refractivity contribution >= 4 is 32.5 Å². The summed E-state index contributed by atoms with van der Waals surface area (Å²) in [5.74, 6) is -0.210. The Morgan fingerprint density at radius 3 is 2.66 bits per heavy atom. The summed E-state index contributed by atoms with van der Waals surface area (Å²) in [7, 11) is -3.96. The van der Waals surface area contributed by atoms with Gasteiger partial charge in [-0.25, -0.2) is 8.42 Å². The Bertz CT molecular complexity index is 1340. The molecule has 1 saturated heterocycles. The van der Waals surface area contributed by atoms with Crippen molar-refractivity contribution in [2.24, 2.45) is 5.73 Å². The third kappa shape index (κ3) is 4.07. The minimum Gasteiger partial charge on any atom is -0.358 e. The summed E-state index contributed by atoms with van der Waals surface area (Å²) in [5, 5.41) is 9.99. The number of nitrogens with one attached hydrogen (secondary N) is 2. The minimum atomic E-state index is -3.96. The van der Waals surface area contributed by atoms with Gasteiger partial charge in [0, 0.05) is 35.8 Å². The van der Waals surface area contributed by atoms with Crippen molar-refractivity contribution in [3.8, 4) is 6.07 Å². The summed E-state index contributed by atoms with van der Waals surface area (Å²) >= 11 is 0. The Labute approximate surface area is 187 Å². The number of anilines is 1. The molecular weight excluding hydrogens is 426 g/mol. The molecule has 0 unspecified atom stereocenters. The van der Waals surface area contributed by atoms with Crippen molar-refractivity contribution in [1.82, 2.24) is 9.88 Å². The Morgan fingerprint density at radius 1 is 1.25 bits per heavy atom. The third-order valence-corrected chi connectivity index (χ3v) is 7.36. The van der Waals surface area contributed by atoms with Gasteiger partial charge >= 0.3 is 0 Å². The van der Waals surface area contributed by atoms with Gasteiger partial charge in [-0.3, -0.25) is 9.52 Å². The molecule has 2 aromatic carbocycles. The van der Waals surface area contributed by atoms with E-state index in [9.17, 15) is 18.5 Å². The largest absolute Gasteiger partial charge is 0.358 e. The van der Waals surface area contributed by atoms with Gasteiger partial charge in [-0.05, 0) is 56.5 Å². The SMILES string of the molecule is Cc1ccc(NS(=O)(=O)c2cccc(C(=O)N3CCC(C)(N)CC3)c2)c2[nH]cc(C#N)c12. The second kappa shape index (κ2) is 7.97. The van der Waals surface area contributed by atoms with E-state index in [0.717, 1.165) is 5.56 Å². The number of carbonyl (C=O) groups excluding carboxylic acids is 1. The number of benzene rings is 2. The number of hydrogen-bond donors (Lipinski definition) is 3. The quantitative estimate of drug-likeness (QED) is 0.561. The summed E-state index contributed by atoms with van der Waals surface area (Å²) in [5.41, 5.74) is 8.36. The van der Waals surface area contributed by atoms with Gasteiger partial charge in [0.1, 0.15) is 6.07 Å². The number of amides is 1. The fraction of sp³-hybridized carbons (Fsp3) is 0.304. The zero-order chi connectivity index (χ0) is 23.1. The van der Waals surface area contributed by atoms with Crippen LogP contribution in [0.5, 0.6) is 0 Å². The summed E-state index contributed by atoms with van der Waals surface area (Å²) in [4.78, 5) is 17.6. The summed E-state index contributed by atoms with van der Waals surface area (Å²) in [6.07, 6.45) is 2.95. The number of fused-ring (bicyclic) bond motifs is 1. The Hall–Kier alpha value is -3.35. The van der Waals surface area contributed by atoms with Gasteiger partial charge in [-0.1, -0.05) is 12.1 Å². The summed E-state index contributed by atoms with van der Waals surface area (Å²) in [6, 6.07) is 11.5. The number of aryl methyl sites for hydroxylation is 1. The van der Waals surface area contributed by atoms with E-state index in [1.165, 1.54) is 12.1 Å². The molecule has 1 fully saturated rings. The van der Waals surface area contributed by atoms with Crippen LogP contribution in [0.4, 0.5) is 5.69 Å². The highest BCUT2D eigenvalue weighted by molar-refractivity contribution is 7.92. The maximum Gasteiger partial charge on any atom is 0.261 e. The van der Waals surface area contributed by atoms with Crippen LogP contribution in [0.3, 0.4) is 0 Å². The molecule has 1 aromatic heterocycles. The number of rotatable bonds is 4. The third-order valence-electron chi connectivity index (χ3n) is 5.99. The molecule has 3 aromatic rings. The molecule has 8 nitrogen and oxygen atoms in total. The lowest BCUT2D eigenvalue weighted by Crippen LogP contribution is -2.49. The standard InChI is InChI=1S/C23H25N5O3S/c1-15-6-7-19(21-20(15)17(13-24)14-26-21)27-32(30,31)18-5-3-4-16(12-18)22(29)28-10-8-23(2,25)9-11-28/h3-7,12,14,26-27H,8-11,25H2,1-2H3. The monoisotopic (exact) mass is 451 g/mol. The maximum absolute atomic E-state index is 13.1. The first-order valence-electron chi connectivity index (χ1n) is 10.3. The molecule has 0 atom stereocenters. The first kappa shape index (κ1) is 21.9. The van der Waals surface area contributed by atoms with Crippen LogP contribution in [0.2, 0.25) is 0 Å². The molecule has 1 amide bonds. The van der Waals surface area contributed by atoms with Crippen LogP contribution in [0.15, 0.2) is 47.5 Å². The molecule has 166 valence electrons. The fourth-order valence-corrected chi connectivity index (χ4v) is 5.11. The van der Waals surface area contributed by atoms with Gasteiger partial charge in [-0.15, -0.1) is 0 Å². The number of nitriles is 1.